The molecule has 3 rings (SSSR count). The molecule has 1 N–H and O–H groups in total. The smallest absolute Gasteiger partial charge is 0.125 e. The molecule has 0 aromatic heterocycles. The highest BCUT2D eigenvalue weighted by molar-refractivity contribution is 9.10. The van der Waals surface area contributed by atoms with Crippen LogP contribution in [0.25, 0.3) is 0 Å². The zero-order valence-corrected chi connectivity index (χ0v) is 13.2. The summed E-state index contributed by atoms with van der Waals surface area (Å²) in [5.41, 5.74) is 2.24. The highest BCUT2D eigenvalue weighted by atomic mass is 79.9. The van der Waals surface area contributed by atoms with Gasteiger partial charge in [-0.1, -0.05) is 39.7 Å². The van der Waals surface area contributed by atoms with Crippen molar-refractivity contribution < 1.29 is 4.74 Å². The third kappa shape index (κ3) is 3.10. The molecule has 0 bridgehead atoms. The summed E-state index contributed by atoms with van der Waals surface area (Å²) in [4.78, 5) is 0. The van der Waals surface area contributed by atoms with Crippen molar-refractivity contribution in [2.24, 2.45) is 0 Å². The fraction of sp³-hybridized carbons (Fsp3) is 0.250. The standard InChI is InChI=1S/C16H15BrClNO/c17-11-6-7-14-15(5-2-8-20-16(14)9-11)19-13-4-1-3-12(18)10-13/h1,3-4,6-7,9-10,15,19H,2,5,8H2. The highest BCUT2D eigenvalue weighted by Gasteiger charge is 2.19. The van der Waals surface area contributed by atoms with E-state index in [1.54, 1.807) is 0 Å². The predicted octanol–water partition coefficient (Wildman–Crippen LogP) is 5.43. The summed E-state index contributed by atoms with van der Waals surface area (Å²) in [6, 6.07) is 14.3. The number of hydrogen-bond donors (Lipinski definition) is 1. The molecule has 1 aliphatic rings. The minimum absolute atomic E-state index is 0.249. The van der Waals surface area contributed by atoms with Crippen LogP contribution in [-0.4, -0.2) is 6.61 Å². The predicted molar refractivity (Wildman–Crippen MR) is 86.7 cm³/mol. The Kier molecular flexibility index (Phi) is 4.18. The van der Waals surface area contributed by atoms with E-state index in [1.807, 2.05) is 30.3 Å². The van der Waals surface area contributed by atoms with Crippen molar-refractivity contribution in [3.8, 4) is 5.75 Å². The second-order valence-electron chi connectivity index (χ2n) is 4.88. The molecule has 0 fully saturated rings. The SMILES string of the molecule is Clc1cccc(NC2CCCOc3cc(Br)ccc32)c1. The number of halogens is 2. The summed E-state index contributed by atoms with van der Waals surface area (Å²) in [5.74, 6) is 0.955. The van der Waals surface area contributed by atoms with E-state index in [-0.39, 0.29) is 6.04 Å². The van der Waals surface area contributed by atoms with Crippen molar-refractivity contribution >= 4 is 33.2 Å². The Morgan fingerprint density at radius 2 is 2.10 bits per heavy atom. The van der Waals surface area contributed by atoms with Gasteiger partial charge in [0, 0.05) is 20.7 Å². The molecule has 2 aromatic rings. The van der Waals surface area contributed by atoms with E-state index in [2.05, 4.69) is 33.4 Å². The van der Waals surface area contributed by atoms with E-state index in [9.17, 15) is 0 Å². The molecule has 1 aliphatic heterocycles. The Bertz CT molecular complexity index is 617. The van der Waals surface area contributed by atoms with Crippen molar-refractivity contribution in [3.05, 3.63) is 57.5 Å². The second kappa shape index (κ2) is 6.06. The van der Waals surface area contributed by atoms with Crippen LogP contribution in [0.4, 0.5) is 5.69 Å². The van der Waals surface area contributed by atoms with Gasteiger partial charge in [0.05, 0.1) is 12.6 Å². The Labute approximate surface area is 132 Å². The summed E-state index contributed by atoms with van der Waals surface area (Å²) in [6.45, 7) is 0.761. The van der Waals surface area contributed by atoms with Crippen LogP contribution in [0, 0.1) is 0 Å². The molecule has 2 aromatic carbocycles. The lowest BCUT2D eigenvalue weighted by molar-refractivity contribution is 0.316. The molecule has 0 radical (unpaired) electrons. The van der Waals surface area contributed by atoms with E-state index in [4.69, 9.17) is 16.3 Å². The van der Waals surface area contributed by atoms with Gasteiger partial charge in [0.2, 0.25) is 0 Å². The molecule has 0 spiro atoms. The molecule has 2 nitrogen and oxygen atoms in total. The Morgan fingerprint density at radius 1 is 1.20 bits per heavy atom. The van der Waals surface area contributed by atoms with Crippen molar-refractivity contribution in [3.63, 3.8) is 0 Å². The highest BCUT2D eigenvalue weighted by Crippen LogP contribution is 2.35. The zero-order valence-electron chi connectivity index (χ0n) is 10.9. The van der Waals surface area contributed by atoms with Crippen LogP contribution in [0.1, 0.15) is 24.4 Å². The quantitative estimate of drug-likeness (QED) is 0.778. The van der Waals surface area contributed by atoms with Crippen LogP contribution in [0.2, 0.25) is 5.02 Å². The maximum Gasteiger partial charge on any atom is 0.125 e. The molecule has 1 atom stereocenters. The summed E-state index contributed by atoms with van der Waals surface area (Å²) in [7, 11) is 0. The van der Waals surface area contributed by atoms with Gasteiger partial charge in [0.15, 0.2) is 0 Å². The Morgan fingerprint density at radius 3 is 2.95 bits per heavy atom. The molecule has 1 heterocycles. The van der Waals surface area contributed by atoms with E-state index in [1.165, 1.54) is 5.56 Å². The van der Waals surface area contributed by atoms with Gasteiger partial charge in [-0.25, -0.2) is 0 Å². The average Bonchev–Trinajstić information content (AvgIpc) is 2.61. The monoisotopic (exact) mass is 351 g/mol. The first-order chi connectivity index (χ1) is 9.72. The number of anilines is 1. The molecular weight excluding hydrogens is 338 g/mol. The van der Waals surface area contributed by atoms with Crippen LogP contribution in [0.15, 0.2) is 46.9 Å². The number of ether oxygens (including phenoxy) is 1. The van der Waals surface area contributed by atoms with Crippen LogP contribution in [0.5, 0.6) is 5.75 Å². The van der Waals surface area contributed by atoms with Gasteiger partial charge >= 0.3 is 0 Å². The van der Waals surface area contributed by atoms with Gasteiger partial charge in [-0.15, -0.1) is 0 Å². The van der Waals surface area contributed by atoms with Crippen LogP contribution < -0.4 is 10.1 Å². The summed E-state index contributed by atoms with van der Waals surface area (Å²) in [5, 5.41) is 4.30. The molecule has 0 amide bonds. The van der Waals surface area contributed by atoms with E-state index < -0.39 is 0 Å². The van der Waals surface area contributed by atoms with Crippen LogP contribution >= 0.6 is 27.5 Å². The number of fused-ring (bicyclic) bond motifs is 1. The normalized spacial score (nSPS) is 17.8. The third-order valence-electron chi connectivity index (χ3n) is 3.41. The van der Waals surface area contributed by atoms with Gasteiger partial charge in [-0.3, -0.25) is 0 Å². The largest absolute Gasteiger partial charge is 0.493 e. The minimum atomic E-state index is 0.249. The summed E-state index contributed by atoms with van der Waals surface area (Å²) < 4.78 is 6.87. The summed E-state index contributed by atoms with van der Waals surface area (Å²) in [6.07, 6.45) is 2.08. The molecule has 104 valence electrons. The number of rotatable bonds is 2. The molecule has 1 unspecified atom stereocenters. The first kappa shape index (κ1) is 13.8. The topological polar surface area (TPSA) is 21.3 Å². The van der Waals surface area contributed by atoms with Crippen molar-refractivity contribution in [2.45, 2.75) is 18.9 Å². The van der Waals surface area contributed by atoms with Crippen LogP contribution in [0.3, 0.4) is 0 Å². The Hall–Kier alpha value is -1.19. The average molecular weight is 353 g/mol. The van der Waals surface area contributed by atoms with Gasteiger partial charge in [-0.2, -0.15) is 0 Å². The second-order valence-corrected chi connectivity index (χ2v) is 6.23. The maximum absolute atomic E-state index is 6.04. The van der Waals surface area contributed by atoms with E-state index in [0.717, 1.165) is 40.4 Å². The Balaban J connectivity index is 1.90. The molecule has 20 heavy (non-hydrogen) atoms. The van der Waals surface area contributed by atoms with E-state index >= 15 is 0 Å². The molecule has 0 aliphatic carbocycles. The maximum atomic E-state index is 6.04. The van der Waals surface area contributed by atoms with Crippen molar-refractivity contribution in [1.82, 2.24) is 0 Å². The molecule has 0 saturated heterocycles. The first-order valence-corrected chi connectivity index (χ1v) is 7.84. The number of nitrogens with one attached hydrogen (secondary N) is 1. The van der Waals surface area contributed by atoms with Crippen molar-refractivity contribution in [1.29, 1.82) is 0 Å². The first-order valence-electron chi connectivity index (χ1n) is 6.67. The van der Waals surface area contributed by atoms with Gasteiger partial charge in [0.1, 0.15) is 5.75 Å². The lowest BCUT2D eigenvalue weighted by Gasteiger charge is -2.20. The van der Waals surface area contributed by atoms with Crippen LogP contribution in [-0.2, 0) is 0 Å². The van der Waals surface area contributed by atoms with Gasteiger partial charge in [-0.05, 0) is 43.2 Å². The summed E-state index contributed by atoms with van der Waals surface area (Å²) >= 11 is 9.54. The van der Waals surface area contributed by atoms with E-state index in [0.29, 0.717) is 0 Å². The number of benzene rings is 2. The molecule has 4 heteroatoms. The fourth-order valence-corrected chi connectivity index (χ4v) is 3.01. The van der Waals surface area contributed by atoms with Crippen molar-refractivity contribution in [2.75, 3.05) is 11.9 Å². The molecule has 0 saturated carbocycles. The van der Waals surface area contributed by atoms with Gasteiger partial charge in [0.25, 0.3) is 0 Å². The zero-order chi connectivity index (χ0) is 13.9. The fourth-order valence-electron chi connectivity index (χ4n) is 2.48. The number of hydrogen-bond acceptors (Lipinski definition) is 2. The lowest BCUT2D eigenvalue weighted by atomic mass is 10.0. The van der Waals surface area contributed by atoms with Gasteiger partial charge < -0.3 is 10.1 Å². The molecular formula is C16H15BrClNO. The minimum Gasteiger partial charge on any atom is -0.493 e. The third-order valence-corrected chi connectivity index (χ3v) is 4.14. The lowest BCUT2D eigenvalue weighted by Crippen LogP contribution is -2.10.